The summed E-state index contributed by atoms with van der Waals surface area (Å²) in [5.41, 5.74) is 7.51. The number of hydrogen-bond acceptors (Lipinski definition) is 2. The van der Waals surface area contributed by atoms with Crippen molar-refractivity contribution < 1.29 is 9.13 Å². The van der Waals surface area contributed by atoms with Crippen molar-refractivity contribution in [3.8, 4) is 5.75 Å². The largest absolute Gasteiger partial charge is 0.496 e. The smallest absolute Gasteiger partial charge is 0.142 e. The van der Waals surface area contributed by atoms with Crippen LogP contribution >= 0.6 is 27.5 Å². The molecule has 0 aromatic heterocycles. The van der Waals surface area contributed by atoms with Crippen LogP contribution in [0.3, 0.4) is 0 Å². The molecule has 0 aliphatic heterocycles. The van der Waals surface area contributed by atoms with Gasteiger partial charge in [0.1, 0.15) is 11.6 Å². The summed E-state index contributed by atoms with van der Waals surface area (Å²) >= 11 is 9.34. The van der Waals surface area contributed by atoms with E-state index in [1.54, 1.807) is 25.3 Å². The Labute approximate surface area is 124 Å². The monoisotopic (exact) mass is 343 g/mol. The molecule has 19 heavy (non-hydrogen) atoms. The molecule has 100 valence electrons. The molecule has 0 aliphatic carbocycles. The van der Waals surface area contributed by atoms with Crippen LogP contribution in [0.1, 0.15) is 17.2 Å². The van der Waals surface area contributed by atoms with E-state index < -0.39 is 11.9 Å². The van der Waals surface area contributed by atoms with Crippen LogP contribution in [0.4, 0.5) is 4.39 Å². The molecule has 0 fully saturated rings. The zero-order valence-corrected chi connectivity index (χ0v) is 12.5. The van der Waals surface area contributed by atoms with Crippen molar-refractivity contribution in [2.24, 2.45) is 5.73 Å². The van der Waals surface area contributed by atoms with Crippen molar-refractivity contribution in [3.63, 3.8) is 0 Å². The first kappa shape index (κ1) is 14.3. The third kappa shape index (κ3) is 2.91. The molecule has 0 spiro atoms. The Morgan fingerprint density at radius 2 is 2.05 bits per heavy atom. The first-order valence-corrected chi connectivity index (χ1v) is 6.74. The minimum atomic E-state index is -0.495. The van der Waals surface area contributed by atoms with E-state index in [0.29, 0.717) is 11.3 Å². The van der Waals surface area contributed by atoms with Gasteiger partial charge in [-0.3, -0.25) is 0 Å². The molecule has 2 aromatic carbocycles. The van der Waals surface area contributed by atoms with E-state index in [1.165, 1.54) is 6.07 Å². The van der Waals surface area contributed by atoms with Crippen molar-refractivity contribution >= 4 is 27.5 Å². The number of methoxy groups -OCH3 is 1. The molecule has 5 heteroatoms. The van der Waals surface area contributed by atoms with Crippen LogP contribution in [0.25, 0.3) is 0 Å². The summed E-state index contributed by atoms with van der Waals surface area (Å²) in [7, 11) is 1.59. The summed E-state index contributed by atoms with van der Waals surface area (Å²) in [5.74, 6) is 0.239. The van der Waals surface area contributed by atoms with E-state index in [2.05, 4.69) is 15.9 Å². The summed E-state index contributed by atoms with van der Waals surface area (Å²) in [5, 5.41) is 0.0574. The van der Waals surface area contributed by atoms with Crippen LogP contribution in [-0.4, -0.2) is 7.11 Å². The topological polar surface area (TPSA) is 35.2 Å². The quantitative estimate of drug-likeness (QED) is 0.901. The average molecular weight is 345 g/mol. The van der Waals surface area contributed by atoms with Gasteiger partial charge in [0.15, 0.2) is 0 Å². The first-order chi connectivity index (χ1) is 9.04. The van der Waals surface area contributed by atoms with Crippen molar-refractivity contribution in [1.82, 2.24) is 0 Å². The van der Waals surface area contributed by atoms with Crippen molar-refractivity contribution in [3.05, 3.63) is 62.8 Å². The molecule has 2 nitrogen and oxygen atoms in total. The molecule has 0 bridgehead atoms. The van der Waals surface area contributed by atoms with E-state index in [4.69, 9.17) is 22.1 Å². The molecular formula is C14H12BrClFNO. The highest BCUT2D eigenvalue weighted by Gasteiger charge is 2.16. The molecule has 1 unspecified atom stereocenters. The second kappa shape index (κ2) is 5.90. The average Bonchev–Trinajstić information content (AvgIpc) is 2.41. The molecule has 0 saturated heterocycles. The van der Waals surface area contributed by atoms with Crippen molar-refractivity contribution in [2.75, 3.05) is 7.11 Å². The SMILES string of the molecule is COc1ccc(C(N)c2cccc(F)c2Cl)cc1Br. The molecule has 2 N–H and O–H groups in total. The van der Waals surface area contributed by atoms with Gasteiger partial charge < -0.3 is 10.5 Å². The minimum absolute atomic E-state index is 0.0574. The first-order valence-electron chi connectivity index (χ1n) is 5.57. The van der Waals surface area contributed by atoms with E-state index in [9.17, 15) is 4.39 Å². The van der Waals surface area contributed by atoms with E-state index in [-0.39, 0.29) is 5.02 Å². The third-order valence-corrected chi connectivity index (χ3v) is 3.87. The van der Waals surface area contributed by atoms with Gasteiger partial charge in [-0.1, -0.05) is 29.8 Å². The molecule has 0 radical (unpaired) electrons. The number of benzene rings is 2. The van der Waals surface area contributed by atoms with Crippen LogP contribution in [0.15, 0.2) is 40.9 Å². The normalized spacial score (nSPS) is 12.3. The Kier molecular flexibility index (Phi) is 4.45. The van der Waals surface area contributed by atoms with Crippen molar-refractivity contribution in [1.29, 1.82) is 0 Å². The molecule has 0 heterocycles. The molecule has 0 saturated carbocycles. The maximum Gasteiger partial charge on any atom is 0.142 e. The summed E-state index contributed by atoms with van der Waals surface area (Å²) in [6.07, 6.45) is 0. The van der Waals surface area contributed by atoms with Gasteiger partial charge in [0.25, 0.3) is 0 Å². The van der Waals surface area contributed by atoms with E-state index in [1.807, 2.05) is 12.1 Å². The fourth-order valence-electron chi connectivity index (χ4n) is 1.82. The predicted octanol–water partition coefficient (Wildman–Crippen LogP) is 4.30. The number of hydrogen-bond donors (Lipinski definition) is 1. The molecule has 0 aliphatic rings. The van der Waals surface area contributed by atoms with Crippen LogP contribution in [0.5, 0.6) is 5.75 Å². The second-order valence-corrected chi connectivity index (χ2v) is 5.25. The molecule has 0 amide bonds. The number of nitrogens with two attached hydrogens (primary N) is 1. The Bertz CT molecular complexity index is 606. The van der Waals surface area contributed by atoms with Gasteiger partial charge in [-0.05, 0) is 45.3 Å². The fourth-order valence-corrected chi connectivity index (χ4v) is 2.62. The van der Waals surface area contributed by atoms with Crippen LogP contribution < -0.4 is 10.5 Å². The zero-order valence-electron chi connectivity index (χ0n) is 10.2. The second-order valence-electron chi connectivity index (χ2n) is 4.01. The molecule has 1 atom stereocenters. The van der Waals surface area contributed by atoms with E-state index >= 15 is 0 Å². The van der Waals surface area contributed by atoms with Crippen LogP contribution in [-0.2, 0) is 0 Å². The number of halogens is 3. The summed E-state index contributed by atoms with van der Waals surface area (Å²) < 4.78 is 19.4. The van der Waals surface area contributed by atoms with Crippen LogP contribution in [0.2, 0.25) is 5.02 Å². The highest BCUT2D eigenvalue weighted by Crippen LogP contribution is 2.32. The number of ether oxygens (including phenoxy) is 1. The van der Waals surface area contributed by atoms with Gasteiger partial charge in [-0.25, -0.2) is 4.39 Å². The Morgan fingerprint density at radius 1 is 1.32 bits per heavy atom. The van der Waals surface area contributed by atoms with Crippen molar-refractivity contribution in [2.45, 2.75) is 6.04 Å². The fraction of sp³-hybridized carbons (Fsp3) is 0.143. The van der Waals surface area contributed by atoms with Gasteiger partial charge in [0, 0.05) is 0 Å². The molecular weight excluding hydrogens is 333 g/mol. The third-order valence-electron chi connectivity index (χ3n) is 2.85. The van der Waals surface area contributed by atoms with Gasteiger partial charge in [0.05, 0.1) is 22.6 Å². The van der Waals surface area contributed by atoms with Gasteiger partial charge in [-0.2, -0.15) is 0 Å². The standard InChI is InChI=1S/C14H12BrClFNO/c1-19-12-6-5-8(7-10(12)15)14(18)9-3-2-4-11(17)13(9)16/h2-7,14H,18H2,1H3. The Morgan fingerprint density at radius 3 is 2.68 bits per heavy atom. The molecule has 2 rings (SSSR count). The Hall–Kier alpha value is -1.10. The maximum absolute atomic E-state index is 13.4. The van der Waals surface area contributed by atoms with Gasteiger partial charge >= 0.3 is 0 Å². The van der Waals surface area contributed by atoms with Gasteiger partial charge in [-0.15, -0.1) is 0 Å². The number of rotatable bonds is 3. The maximum atomic E-state index is 13.4. The predicted molar refractivity (Wildman–Crippen MR) is 78.1 cm³/mol. The lowest BCUT2D eigenvalue weighted by Crippen LogP contribution is -2.13. The highest BCUT2D eigenvalue weighted by atomic mass is 79.9. The van der Waals surface area contributed by atoms with E-state index in [0.717, 1.165) is 10.0 Å². The van der Waals surface area contributed by atoms with Crippen LogP contribution in [0, 0.1) is 5.82 Å². The highest BCUT2D eigenvalue weighted by molar-refractivity contribution is 9.10. The Balaban J connectivity index is 2.41. The van der Waals surface area contributed by atoms with Gasteiger partial charge in [0.2, 0.25) is 0 Å². The lowest BCUT2D eigenvalue weighted by molar-refractivity contribution is 0.412. The summed E-state index contributed by atoms with van der Waals surface area (Å²) in [6.45, 7) is 0. The molecule has 2 aromatic rings. The lowest BCUT2D eigenvalue weighted by atomic mass is 9.99. The minimum Gasteiger partial charge on any atom is -0.496 e. The summed E-state index contributed by atoms with van der Waals surface area (Å²) in [6, 6.07) is 9.59. The summed E-state index contributed by atoms with van der Waals surface area (Å²) in [4.78, 5) is 0. The lowest BCUT2D eigenvalue weighted by Gasteiger charge is -2.15. The zero-order chi connectivity index (χ0) is 14.0.